The van der Waals surface area contributed by atoms with E-state index in [1.807, 2.05) is 36.4 Å². The fourth-order valence-corrected chi connectivity index (χ4v) is 2.96. The van der Waals surface area contributed by atoms with Crippen LogP contribution in [0.5, 0.6) is 0 Å². The van der Waals surface area contributed by atoms with Gasteiger partial charge in [0.2, 0.25) is 5.95 Å². The van der Waals surface area contributed by atoms with Crippen molar-refractivity contribution < 1.29 is 5.11 Å². The molecule has 0 fully saturated rings. The van der Waals surface area contributed by atoms with Gasteiger partial charge in [-0.2, -0.15) is 4.98 Å². The number of aliphatic hydroxyl groups is 1. The molecule has 5 heteroatoms. The predicted octanol–water partition coefficient (Wildman–Crippen LogP) is 4.55. The lowest BCUT2D eigenvalue weighted by Gasteiger charge is -2.15. The largest absolute Gasteiger partial charge is 0.396 e. The van der Waals surface area contributed by atoms with Crippen molar-refractivity contribution >= 4 is 17.5 Å². The molecule has 0 bridgehead atoms. The van der Waals surface area contributed by atoms with E-state index in [9.17, 15) is 0 Å². The molecule has 0 aliphatic heterocycles. The lowest BCUT2D eigenvalue weighted by molar-refractivity contribution is 0.292. The third-order valence-corrected chi connectivity index (χ3v) is 4.41. The van der Waals surface area contributed by atoms with Gasteiger partial charge in [-0.3, -0.25) is 0 Å². The summed E-state index contributed by atoms with van der Waals surface area (Å²) in [6, 6.07) is 18.3. The number of hydrogen-bond acceptors (Lipinski definition) is 5. The Hall–Kier alpha value is -2.92. The van der Waals surface area contributed by atoms with Crippen molar-refractivity contribution in [2.75, 3.05) is 23.8 Å². The van der Waals surface area contributed by atoms with Crippen LogP contribution in [0.15, 0.2) is 54.6 Å². The minimum Gasteiger partial charge on any atom is -0.396 e. The molecule has 140 valence electrons. The van der Waals surface area contributed by atoms with Gasteiger partial charge in [-0.1, -0.05) is 55.5 Å². The van der Waals surface area contributed by atoms with Gasteiger partial charge in [-0.25, -0.2) is 4.98 Å². The maximum absolute atomic E-state index is 9.02. The zero-order chi connectivity index (χ0) is 19.1. The summed E-state index contributed by atoms with van der Waals surface area (Å²) in [6.45, 7) is 5.01. The Morgan fingerprint density at radius 3 is 2.56 bits per heavy atom. The molecular formula is C22H26N4O. The molecule has 0 radical (unpaired) electrons. The quantitative estimate of drug-likeness (QED) is 0.513. The van der Waals surface area contributed by atoms with Gasteiger partial charge in [0.25, 0.3) is 0 Å². The van der Waals surface area contributed by atoms with Crippen LogP contribution in [0.3, 0.4) is 0 Å². The van der Waals surface area contributed by atoms with Crippen molar-refractivity contribution in [3.63, 3.8) is 0 Å². The average Bonchev–Trinajstić information content (AvgIpc) is 2.70. The van der Waals surface area contributed by atoms with E-state index in [1.165, 1.54) is 11.1 Å². The average molecular weight is 362 g/mol. The molecule has 3 aromatic rings. The van der Waals surface area contributed by atoms with Crippen molar-refractivity contribution in [1.82, 2.24) is 9.97 Å². The van der Waals surface area contributed by atoms with Gasteiger partial charge in [0.15, 0.2) is 0 Å². The Labute approximate surface area is 160 Å². The van der Waals surface area contributed by atoms with Crippen LogP contribution in [0.4, 0.5) is 17.5 Å². The standard InChI is InChI=1S/C22H26N4O/c1-3-17-12-7-9-16(2)21(17)25-20-15-19(18-10-5-4-6-11-18)24-22(26-20)23-13-8-14-27/h4-7,9-12,15,27H,3,8,13-14H2,1-2H3,(H2,23,24,25,26). The molecule has 3 rings (SSSR count). The number of nitrogens with zero attached hydrogens (tertiary/aromatic N) is 2. The molecule has 0 saturated heterocycles. The predicted molar refractivity (Wildman–Crippen MR) is 112 cm³/mol. The second-order valence-corrected chi connectivity index (χ2v) is 6.42. The van der Waals surface area contributed by atoms with Crippen LogP contribution in [-0.4, -0.2) is 28.2 Å². The second kappa shape index (κ2) is 9.14. The Balaban J connectivity index is 1.97. The summed E-state index contributed by atoms with van der Waals surface area (Å²) in [7, 11) is 0. The number of aliphatic hydroxyl groups excluding tert-OH is 1. The van der Waals surface area contributed by atoms with Gasteiger partial charge in [0.05, 0.1) is 5.69 Å². The molecule has 0 amide bonds. The molecule has 3 N–H and O–H groups in total. The van der Waals surface area contributed by atoms with Crippen molar-refractivity contribution in [1.29, 1.82) is 0 Å². The van der Waals surface area contributed by atoms with E-state index in [2.05, 4.69) is 52.6 Å². The van der Waals surface area contributed by atoms with Crippen LogP contribution in [0.25, 0.3) is 11.3 Å². The Kier molecular flexibility index (Phi) is 6.39. The third kappa shape index (κ3) is 4.83. The SMILES string of the molecule is CCc1cccc(C)c1Nc1cc(-c2ccccc2)nc(NCCCO)n1. The number of para-hydroxylation sites is 1. The highest BCUT2D eigenvalue weighted by atomic mass is 16.3. The maximum atomic E-state index is 9.02. The molecule has 0 aliphatic rings. The second-order valence-electron chi connectivity index (χ2n) is 6.42. The molecule has 0 aliphatic carbocycles. The van der Waals surface area contributed by atoms with Crippen LogP contribution < -0.4 is 10.6 Å². The summed E-state index contributed by atoms with van der Waals surface area (Å²) < 4.78 is 0. The Morgan fingerprint density at radius 1 is 1.00 bits per heavy atom. The zero-order valence-electron chi connectivity index (χ0n) is 15.9. The number of benzene rings is 2. The molecule has 2 aromatic carbocycles. The van der Waals surface area contributed by atoms with Gasteiger partial charge >= 0.3 is 0 Å². The summed E-state index contributed by atoms with van der Waals surface area (Å²) in [4.78, 5) is 9.27. The fourth-order valence-electron chi connectivity index (χ4n) is 2.96. The Morgan fingerprint density at radius 2 is 1.81 bits per heavy atom. The van der Waals surface area contributed by atoms with Crippen LogP contribution >= 0.6 is 0 Å². The maximum Gasteiger partial charge on any atom is 0.225 e. The minimum atomic E-state index is 0.138. The van der Waals surface area contributed by atoms with Gasteiger partial charge in [-0.15, -0.1) is 0 Å². The summed E-state index contributed by atoms with van der Waals surface area (Å²) in [5.74, 6) is 1.30. The first kappa shape index (κ1) is 18.9. The van der Waals surface area contributed by atoms with Crippen molar-refractivity contribution in [2.24, 2.45) is 0 Å². The van der Waals surface area contributed by atoms with Crippen LogP contribution in [0.1, 0.15) is 24.5 Å². The van der Waals surface area contributed by atoms with Crippen molar-refractivity contribution in [3.05, 3.63) is 65.7 Å². The topological polar surface area (TPSA) is 70.1 Å². The van der Waals surface area contributed by atoms with Gasteiger partial charge in [0, 0.05) is 30.5 Å². The molecule has 0 saturated carbocycles. The smallest absolute Gasteiger partial charge is 0.225 e. The molecule has 0 unspecified atom stereocenters. The van der Waals surface area contributed by atoms with Crippen molar-refractivity contribution in [3.8, 4) is 11.3 Å². The molecule has 0 atom stereocenters. The molecular weight excluding hydrogens is 336 g/mol. The van der Waals surface area contributed by atoms with Gasteiger partial charge in [0.1, 0.15) is 5.82 Å². The number of anilines is 3. The first-order valence-corrected chi connectivity index (χ1v) is 9.36. The van der Waals surface area contributed by atoms with Crippen LogP contribution in [-0.2, 0) is 6.42 Å². The van der Waals surface area contributed by atoms with Gasteiger partial charge in [-0.05, 0) is 30.9 Å². The summed E-state index contributed by atoms with van der Waals surface area (Å²) >= 11 is 0. The first-order valence-electron chi connectivity index (χ1n) is 9.36. The fraction of sp³-hybridized carbons (Fsp3) is 0.273. The van der Waals surface area contributed by atoms with Crippen LogP contribution in [0, 0.1) is 6.92 Å². The lowest BCUT2D eigenvalue weighted by Crippen LogP contribution is -2.09. The van der Waals surface area contributed by atoms with E-state index in [-0.39, 0.29) is 6.61 Å². The van der Waals surface area contributed by atoms with E-state index in [4.69, 9.17) is 5.11 Å². The summed E-state index contributed by atoms with van der Waals surface area (Å²) in [5, 5.41) is 15.7. The summed E-state index contributed by atoms with van der Waals surface area (Å²) in [5.41, 5.74) is 5.42. The van der Waals surface area contributed by atoms with E-state index < -0.39 is 0 Å². The highest BCUT2D eigenvalue weighted by molar-refractivity contribution is 5.70. The van der Waals surface area contributed by atoms with E-state index in [0.29, 0.717) is 18.9 Å². The molecule has 27 heavy (non-hydrogen) atoms. The number of nitrogens with one attached hydrogen (secondary N) is 2. The summed E-state index contributed by atoms with van der Waals surface area (Å²) in [6.07, 6.45) is 1.60. The number of rotatable bonds is 8. The van der Waals surface area contributed by atoms with E-state index in [1.54, 1.807) is 0 Å². The lowest BCUT2D eigenvalue weighted by atomic mass is 10.1. The zero-order valence-corrected chi connectivity index (χ0v) is 15.9. The monoisotopic (exact) mass is 362 g/mol. The molecule has 0 spiro atoms. The first-order chi connectivity index (χ1) is 13.2. The van der Waals surface area contributed by atoms with Crippen molar-refractivity contribution in [2.45, 2.75) is 26.7 Å². The third-order valence-electron chi connectivity index (χ3n) is 4.41. The number of aryl methyl sites for hydroxylation is 2. The molecule has 5 nitrogen and oxygen atoms in total. The highest BCUT2D eigenvalue weighted by Gasteiger charge is 2.10. The molecule has 1 heterocycles. The van der Waals surface area contributed by atoms with E-state index >= 15 is 0 Å². The number of aromatic nitrogens is 2. The normalized spacial score (nSPS) is 10.6. The Bertz CT molecular complexity index is 881. The molecule has 1 aromatic heterocycles. The van der Waals surface area contributed by atoms with Gasteiger partial charge < -0.3 is 15.7 Å². The van der Waals surface area contributed by atoms with Crippen LogP contribution in [0.2, 0.25) is 0 Å². The minimum absolute atomic E-state index is 0.138. The number of hydrogen-bond donors (Lipinski definition) is 3. The van der Waals surface area contributed by atoms with E-state index in [0.717, 1.165) is 29.2 Å². The highest BCUT2D eigenvalue weighted by Crippen LogP contribution is 2.27.